The van der Waals surface area contributed by atoms with E-state index in [9.17, 15) is 9.90 Å². The van der Waals surface area contributed by atoms with E-state index in [0.717, 1.165) is 19.3 Å². The molecule has 66 valence electrons. The van der Waals surface area contributed by atoms with Gasteiger partial charge in [-0.3, -0.25) is 4.79 Å². The van der Waals surface area contributed by atoms with E-state index in [1.54, 1.807) is 0 Å². The largest absolute Gasteiger partial charge is 0.392 e. The van der Waals surface area contributed by atoms with Crippen molar-refractivity contribution in [3.05, 3.63) is 12.2 Å². The lowest BCUT2D eigenvalue weighted by atomic mass is 9.73. The summed E-state index contributed by atoms with van der Waals surface area (Å²) >= 11 is 0. The van der Waals surface area contributed by atoms with Crippen LogP contribution in [0.25, 0.3) is 0 Å². The van der Waals surface area contributed by atoms with Crippen LogP contribution in [0.2, 0.25) is 0 Å². The molecular formula is C10H14O2. The van der Waals surface area contributed by atoms with Crippen LogP contribution in [0, 0.1) is 5.41 Å². The molecule has 0 saturated heterocycles. The van der Waals surface area contributed by atoms with Gasteiger partial charge < -0.3 is 5.11 Å². The lowest BCUT2D eigenvalue weighted by Crippen LogP contribution is -2.36. The van der Waals surface area contributed by atoms with Crippen LogP contribution in [0.1, 0.15) is 32.1 Å². The fourth-order valence-corrected chi connectivity index (χ4v) is 2.39. The monoisotopic (exact) mass is 166 g/mol. The SMILES string of the molecule is O=C1CCC(O)C12CC=CCC2. The van der Waals surface area contributed by atoms with Crippen LogP contribution in [0.5, 0.6) is 0 Å². The molecule has 2 aliphatic carbocycles. The summed E-state index contributed by atoms with van der Waals surface area (Å²) < 4.78 is 0. The molecule has 0 aromatic rings. The van der Waals surface area contributed by atoms with Crippen LogP contribution in [-0.4, -0.2) is 17.0 Å². The summed E-state index contributed by atoms with van der Waals surface area (Å²) in [5, 5.41) is 9.72. The Hall–Kier alpha value is -0.630. The van der Waals surface area contributed by atoms with Gasteiger partial charge in [-0.25, -0.2) is 0 Å². The molecule has 0 radical (unpaired) electrons. The highest BCUT2D eigenvalue weighted by Gasteiger charge is 2.48. The second kappa shape index (κ2) is 2.70. The Kier molecular flexibility index (Phi) is 1.80. The molecule has 0 amide bonds. The van der Waals surface area contributed by atoms with Gasteiger partial charge in [0.25, 0.3) is 0 Å². The van der Waals surface area contributed by atoms with Crippen molar-refractivity contribution in [3.8, 4) is 0 Å². The third kappa shape index (κ3) is 0.944. The maximum absolute atomic E-state index is 11.6. The van der Waals surface area contributed by atoms with Gasteiger partial charge in [0.05, 0.1) is 11.5 Å². The molecule has 1 fully saturated rings. The molecule has 2 aliphatic rings. The normalized spacial score (nSPS) is 41.1. The van der Waals surface area contributed by atoms with Crippen molar-refractivity contribution in [3.63, 3.8) is 0 Å². The number of carbonyl (C=O) groups excluding carboxylic acids is 1. The summed E-state index contributed by atoms with van der Waals surface area (Å²) in [6.45, 7) is 0. The van der Waals surface area contributed by atoms with Gasteiger partial charge in [0.15, 0.2) is 0 Å². The molecule has 2 heteroatoms. The first-order chi connectivity index (χ1) is 5.76. The maximum atomic E-state index is 11.6. The lowest BCUT2D eigenvalue weighted by Gasteiger charge is -2.31. The van der Waals surface area contributed by atoms with Crippen LogP contribution < -0.4 is 0 Å². The standard InChI is InChI=1S/C10H14O2/c11-8-4-5-9(12)10(8)6-2-1-3-7-10/h1-2,8,11H,3-7H2. The first-order valence-electron chi connectivity index (χ1n) is 4.62. The Morgan fingerprint density at radius 2 is 2.33 bits per heavy atom. The molecule has 0 heterocycles. The second-order valence-corrected chi connectivity index (χ2v) is 3.85. The van der Waals surface area contributed by atoms with Crippen LogP contribution in [-0.2, 0) is 4.79 Å². The third-order valence-corrected chi connectivity index (χ3v) is 3.24. The van der Waals surface area contributed by atoms with E-state index < -0.39 is 0 Å². The minimum absolute atomic E-state index is 0.277. The van der Waals surface area contributed by atoms with Gasteiger partial charge in [0, 0.05) is 6.42 Å². The summed E-state index contributed by atoms with van der Waals surface area (Å²) in [5.74, 6) is 0.277. The zero-order valence-electron chi connectivity index (χ0n) is 7.12. The third-order valence-electron chi connectivity index (χ3n) is 3.24. The number of ketones is 1. The fraction of sp³-hybridized carbons (Fsp3) is 0.700. The Labute approximate surface area is 72.3 Å². The Morgan fingerprint density at radius 3 is 2.83 bits per heavy atom. The minimum Gasteiger partial charge on any atom is -0.392 e. The highest BCUT2D eigenvalue weighted by Crippen LogP contribution is 2.44. The number of rotatable bonds is 0. The van der Waals surface area contributed by atoms with Gasteiger partial charge in [-0.15, -0.1) is 0 Å². The topological polar surface area (TPSA) is 37.3 Å². The van der Waals surface area contributed by atoms with E-state index in [-0.39, 0.29) is 17.3 Å². The van der Waals surface area contributed by atoms with Crippen molar-refractivity contribution in [2.45, 2.75) is 38.2 Å². The number of carbonyl (C=O) groups is 1. The Morgan fingerprint density at radius 1 is 1.50 bits per heavy atom. The van der Waals surface area contributed by atoms with Gasteiger partial charge in [-0.1, -0.05) is 12.2 Å². The van der Waals surface area contributed by atoms with Crippen molar-refractivity contribution < 1.29 is 9.90 Å². The second-order valence-electron chi connectivity index (χ2n) is 3.85. The Bertz CT molecular complexity index is 232. The average molecular weight is 166 g/mol. The van der Waals surface area contributed by atoms with Crippen molar-refractivity contribution >= 4 is 5.78 Å². The summed E-state index contributed by atoms with van der Waals surface area (Å²) in [5.41, 5.74) is -0.380. The minimum atomic E-state index is -0.380. The molecule has 1 saturated carbocycles. The smallest absolute Gasteiger partial charge is 0.142 e. The molecule has 12 heavy (non-hydrogen) atoms. The van der Waals surface area contributed by atoms with Gasteiger partial charge in [-0.2, -0.15) is 0 Å². The lowest BCUT2D eigenvalue weighted by molar-refractivity contribution is -0.129. The molecule has 2 rings (SSSR count). The molecule has 1 spiro atoms. The first-order valence-corrected chi connectivity index (χ1v) is 4.62. The first kappa shape index (κ1) is 7.99. The van der Waals surface area contributed by atoms with Gasteiger partial charge in [-0.05, 0) is 25.7 Å². The highest BCUT2D eigenvalue weighted by molar-refractivity contribution is 5.88. The molecule has 0 aliphatic heterocycles. The molecule has 2 nitrogen and oxygen atoms in total. The molecular weight excluding hydrogens is 152 g/mol. The number of aliphatic hydroxyl groups excluding tert-OH is 1. The Balaban J connectivity index is 2.27. The molecule has 0 aromatic carbocycles. The van der Waals surface area contributed by atoms with Crippen LogP contribution >= 0.6 is 0 Å². The van der Waals surface area contributed by atoms with E-state index in [1.165, 1.54) is 0 Å². The van der Waals surface area contributed by atoms with Crippen molar-refractivity contribution in [1.82, 2.24) is 0 Å². The summed E-state index contributed by atoms with van der Waals surface area (Å²) in [7, 11) is 0. The summed E-state index contributed by atoms with van der Waals surface area (Å²) in [6, 6.07) is 0. The number of hydrogen-bond acceptors (Lipinski definition) is 2. The summed E-state index contributed by atoms with van der Waals surface area (Å²) in [6.07, 6.45) is 7.57. The maximum Gasteiger partial charge on any atom is 0.142 e. The predicted octanol–water partition coefficient (Wildman–Crippen LogP) is 1.44. The van der Waals surface area contributed by atoms with E-state index in [4.69, 9.17) is 0 Å². The van der Waals surface area contributed by atoms with Crippen LogP contribution in [0.4, 0.5) is 0 Å². The van der Waals surface area contributed by atoms with E-state index in [2.05, 4.69) is 6.08 Å². The number of Topliss-reactive ketones (excluding diaryl/α,β-unsaturated/α-hetero) is 1. The average Bonchev–Trinajstić information content (AvgIpc) is 2.36. The molecule has 0 bridgehead atoms. The molecule has 2 unspecified atom stereocenters. The van der Waals surface area contributed by atoms with Gasteiger partial charge in [0.1, 0.15) is 5.78 Å². The zero-order valence-corrected chi connectivity index (χ0v) is 7.12. The van der Waals surface area contributed by atoms with Crippen molar-refractivity contribution in [2.75, 3.05) is 0 Å². The van der Waals surface area contributed by atoms with Crippen molar-refractivity contribution in [2.24, 2.45) is 5.41 Å². The highest BCUT2D eigenvalue weighted by atomic mass is 16.3. The quantitative estimate of drug-likeness (QED) is 0.553. The number of allylic oxidation sites excluding steroid dienone is 2. The van der Waals surface area contributed by atoms with E-state index in [0.29, 0.717) is 12.8 Å². The van der Waals surface area contributed by atoms with Gasteiger partial charge >= 0.3 is 0 Å². The zero-order chi connectivity index (χ0) is 8.60. The van der Waals surface area contributed by atoms with Crippen molar-refractivity contribution in [1.29, 1.82) is 0 Å². The fourth-order valence-electron chi connectivity index (χ4n) is 2.39. The van der Waals surface area contributed by atoms with Gasteiger partial charge in [0.2, 0.25) is 0 Å². The molecule has 0 aromatic heterocycles. The molecule has 2 atom stereocenters. The molecule has 1 N–H and O–H groups in total. The summed E-state index contributed by atoms with van der Waals surface area (Å²) in [4.78, 5) is 11.6. The van der Waals surface area contributed by atoms with Crippen LogP contribution in [0.3, 0.4) is 0 Å². The number of hydrogen-bond donors (Lipinski definition) is 1. The number of aliphatic hydroxyl groups is 1. The van der Waals surface area contributed by atoms with E-state index >= 15 is 0 Å². The van der Waals surface area contributed by atoms with Crippen LogP contribution in [0.15, 0.2) is 12.2 Å². The van der Waals surface area contributed by atoms with E-state index in [1.807, 2.05) is 6.08 Å². The predicted molar refractivity (Wildman–Crippen MR) is 45.7 cm³/mol.